The number of benzene rings is 8. The molecule has 63 heavy (non-hydrogen) atoms. The van der Waals surface area contributed by atoms with Crippen LogP contribution in [0.2, 0.25) is 0 Å². The second-order valence-corrected chi connectivity index (χ2v) is 15.7. The molecule has 0 spiro atoms. The smallest absolute Gasteiger partial charge is 0.166 e. The summed E-state index contributed by atoms with van der Waals surface area (Å²) in [5.74, 6) is 3.36. The molecule has 0 amide bonds. The van der Waals surface area contributed by atoms with Crippen LogP contribution < -0.4 is 0 Å². The second-order valence-electron chi connectivity index (χ2n) is 15.7. The topological polar surface area (TPSA) is 82.3 Å². The lowest BCUT2D eigenvalue weighted by molar-refractivity contribution is 1.05. The van der Waals surface area contributed by atoms with Gasteiger partial charge in [-0.3, -0.25) is 0 Å². The van der Waals surface area contributed by atoms with E-state index in [1.54, 1.807) is 0 Å². The lowest BCUT2D eigenvalue weighted by atomic mass is 9.99. The predicted octanol–water partition coefficient (Wildman–Crippen LogP) is 13.4. The molecular weight excluding hydrogens is 771 g/mol. The van der Waals surface area contributed by atoms with Gasteiger partial charge in [0.25, 0.3) is 0 Å². The Morgan fingerprint density at radius 3 is 1.14 bits per heavy atom. The minimum Gasteiger partial charge on any atom is -0.308 e. The number of hydrogen-bond donors (Lipinski definition) is 0. The van der Waals surface area contributed by atoms with Crippen LogP contribution in [0, 0.1) is 13.8 Å². The molecule has 0 saturated carbocycles. The quantitative estimate of drug-likeness (QED) is 0.152. The van der Waals surface area contributed by atoms with E-state index < -0.39 is 0 Å². The molecule has 0 atom stereocenters. The van der Waals surface area contributed by atoms with Crippen LogP contribution in [0.1, 0.15) is 11.1 Å². The number of fused-ring (bicyclic) bond motifs is 3. The van der Waals surface area contributed by atoms with Gasteiger partial charge in [-0.1, -0.05) is 181 Å². The van der Waals surface area contributed by atoms with E-state index in [1.807, 2.05) is 127 Å². The molecule has 11 rings (SSSR count). The molecule has 0 aliphatic heterocycles. The summed E-state index contributed by atoms with van der Waals surface area (Å²) in [5.41, 5.74) is 12.9. The first kappa shape index (κ1) is 37.6. The van der Waals surface area contributed by atoms with E-state index in [0.717, 1.165) is 66.4 Å². The minimum atomic E-state index is 0.526. The number of rotatable bonds is 8. The SMILES string of the molecule is Cc1cc(C)cc(-c2ccc3c(c2)c2ccccc2n3-c2c(-c3nc(-c4ccccc4)nc(-c4ccccc4)n3)cccc2-c2nc(-c3ccccc3)nc(-c3ccccc3)n2)c1. The van der Waals surface area contributed by atoms with Crippen molar-refractivity contribution in [3.05, 3.63) is 211 Å². The normalized spacial score (nSPS) is 11.3. The Morgan fingerprint density at radius 1 is 0.286 bits per heavy atom. The standard InChI is InChI=1S/C56H39N7/c1-36-32-37(2)34-43(33-36)42-30-31-49-47(35-42)44-26-15-16-29-48(44)63(49)50-45(55-59-51(38-18-7-3-8-19-38)57-52(60-55)39-20-9-4-10-21-39)27-17-28-46(50)56-61-53(40-22-11-5-12-23-40)58-54(62-56)41-24-13-6-14-25-41/h3-35H,1-2H3. The summed E-state index contributed by atoms with van der Waals surface area (Å²) in [6, 6.07) is 68.7. The van der Waals surface area contributed by atoms with Gasteiger partial charge in [0.2, 0.25) is 0 Å². The maximum absolute atomic E-state index is 5.28. The van der Waals surface area contributed by atoms with Crippen molar-refractivity contribution in [2.75, 3.05) is 0 Å². The Kier molecular flexibility index (Phi) is 9.47. The summed E-state index contributed by atoms with van der Waals surface area (Å²) < 4.78 is 2.34. The Labute approximate surface area is 365 Å². The van der Waals surface area contributed by atoms with Gasteiger partial charge in [0, 0.05) is 44.2 Å². The van der Waals surface area contributed by atoms with Crippen molar-refractivity contribution in [1.29, 1.82) is 0 Å². The van der Waals surface area contributed by atoms with E-state index in [9.17, 15) is 0 Å². The van der Waals surface area contributed by atoms with Crippen molar-refractivity contribution in [2.24, 2.45) is 0 Å². The molecule has 0 radical (unpaired) electrons. The third-order valence-electron chi connectivity index (χ3n) is 11.4. The fourth-order valence-electron chi connectivity index (χ4n) is 8.54. The highest BCUT2D eigenvalue weighted by atomic mass is 15.1. The molecule has 11 aromatic rings. The van der Waals surface area contributed by atoms with Crippen LogP contribution in [-0.2, 0) is 0 Å². The second kappa shape index (κ2) is 15.9. The lowest BCUT2D eigenvalue weighted by Gasteiger charge is -2.19. The highest BCUT2D eigenvalue weighted by molar-refractivity contribution is 6.11. The third-order valence-corrected chi connectivity index (χ3v) is 11.4. The molecule has 298 valence electrons. The molecule has 0 fully saturated rings. The van der Waals surface area contributed by atoms with E-state index in [4.69, 9.17) is 29.9 Å². The number of aryl methyl sites for hydroxylation is 2. The van der Waals surface area contributed by atoms with Gasteiger partial charge >= 0.3 is 0 Å². The van der Waals surface area contributed by atoms with E-state index in [-0.39, 0.29) is 0 Å². The van der Waals surface area contributed by atoms with Gasteiger partial charge in [0.05, 0.1) is 16.7 Å². The largest absolute Gasteiger partial charge is 0.308 e. The summed E-state index contributed by atoms with van der Waals surface area (Å²) in [5, 5.41) is 2.25. The van der Waals surface area contributed by atoms with Crippen LogP contribution >= 0.6 is 0 Å². The number of para-hydroxylation sites is 2. The molecule has 0 N–H and O–H groups in total. The van der Waals surface area contributed by atoms with Crippen molar-refractivity contribution < 1.29 is 0 Å². The van der Waals surface area contributed by atoms with Gasteiger partial charge in [-0.2, -0.15) is 0 Å². The molecule has 0 bridgehead atoms. The van der Waals surface area contributed by atoms with Crippen LogP contribution in [-0.4, -0.2) is 34.5 Å². The summed E-state index contributed by atoms with van der Waals surface area (Å²) in [7, 11) is 0. The maximum Gasteiger partial charge on any atom is 0.166 e. The van der Waals surface area contributed by atoms with E-state index >= 15 is 0 Å². The third kappa shape index (κ3) is 7.11. The van der Waals surface area contributed by atoms with E-state index in [2.05, 4.69) is 91.2 Å². The zero-order chi connectivity index (χ0) is 42.3. The van der Waals surface area contributed by atoms with Gasteiger partial charge in [0.1, 0.15) is 0 Å². The van der Waals surface area contributed by atoms with Gasteiger partial charge < -0.3 is 4.57 Å². The first-order chi connectivity index (χ1) is 31.0. The van der Waals surface area contributed by atoms with Gasteiger partial charge in [-0.25, -0.2) is 29.9 Å². The zero-order valence-corrected chi connectivity index (χ0v) is 34.7. The van der Waals surface area contributed by atoms with Crippen LogP contribution in [0.4, 0.5) is 0 Å². The Morgan fingerprint density at radius 2 is 0.683 bits per heavy atom. The van der Waals surface area contributed by atoms with Gasteiger partial charge in [-0.05, 0) is 55.3 Å². The molecule has 0 aliphatic carbocycles. The van der Waals surface area contributed by atoms with E-state index in [0.29, 0.717) is 34.9 Å². The molecule has 7 heteroatoms. The highest BCUT2D eigenvalue weighted by Crippen LogP contribution is 2.42. The summed E-state index contributed by atoms with van der Waals surface area (Å²) in [4.78, 5) is 31.2. The van der Waals surface area contributed by atoms with Gasteiger partial charge in [0.15, 0.2) is 34.9 Å². The first-order valence-corrected chi connectivity index (χ1v) is 21.0. The Hall–Kier alpha value is -8.42. The molecule has 7 nitrogen and oxygen atoms in total. The first-order valence-electron chi connectivity index (χ1n) is 21.0. The molecular formula is C56H39N7. The maximum atomic E-state index is 5.28. The van der Waals surface area contributed by atoms with Crippen LogP contribution in [0.3, 0.4) is 0 Å². The molecule has 0 saturated heterocycles. The van der Waals surface area contributed by atoms with Crippen LogP contribution in [0.5, 0.6) is 0 Å². The molecule has 3 heterocycles. The van der Waals surface area contributed by atoms with Crippen molar-refractivity contribution in [3.63, 3.8) is 0 Å². The van der Waals surface area contributed by atoms with Crippen LogP contribution in [0.25, 0.3) is 107 Å². The molecule has 0 aliphatic rings. The average molecular weight is 810 g/mol. The molecule has 8 aromatic carbocycles. The van der Waals surface area contributed by atoms with E-state index in [1.165, 1.54) is 16.7 Å². The average Bonchev–Trinajstić information content (AvgIpc) is 3.67. The Balaban J connectivity index is 1.25. The van der Waals surface area contributed by atoms with Gasteiger partial charge in [-0.15, -0.1) is 0 Å². The van der Waals surface area contributed by atoms with Crippen molar-refractivity contribution in [3.8, 4) is 85.1 Å². The zero-order valence-electron chi connectivity index (χ0n) is 34.7. The van der Waals surface area contributed by atoms with Crippen LogP contribution in [0.15, 0.2) is 200 Å². The van der Waals surface area contributed by atoms with Crippen molar-refractivity contribution >= 4 is 21.8 Å². The minimum absolute atomic E-state index is 0.526. The summed E-state index contributed by atoms with van der Waals surface area (Å²) in [6.07, 6.45) is 0. The molecule has 0 unspecified atom stereocenters. The van der Waals surface area contributed by atoms with Crippen molar-refractivity contribution in [1.82, 2.24) is 34.5 Å². The highest BCUT2D eigenvalue weighted by Gasteiger charge is 2.25. The monoisotopic (exact) mass is 809 g/mol. The number of hydrogen-bond acceptors (Lipinski definition) is 6. The number of nitrogens with zero attached hydrogens (tertiary/aromatic N) is 7. The summed E-state index contributed by atoms with van der Waals surface area (Å²) >= 11 is 0. The predicted molar refractivity (Wildman–Crippen MR) is 255 cm³/mol. The fourth-order valence-corrected chi connectivity index (χ4v) is 8.54. The Bertz CT molecular complexity index is 3180. The molecule has 3 aromatic heterocycles. The lowest BCUT2D eigenvalue weighted by Crippen LogP contribution is -2.07. The van der Waals surface area contributed by atoms with Crippen molar-refractivity contribution in [2.45, 2.75) is 13.8 Å². The number of aromatic nitrogens is 7. The summed E-state index contributed by atoms with van der Waals surface area (Å²) in [6.45, 7) is 4.31. The fraction of sp³-hybridized carbons (Fsp3) is 0.0357.